The molecule has 34 heavy (non-hydrogen) atoms. The van der Waals surface area contributed by atoms with Crippen LogP contribution in [0.25, 0.3) is 0 Å². The first-order valence-electron chi connectivity index (χ1n) is 11.7. The van der Waals surface area contributed by atoms with Crippen molar-refractivity contribution in [2.24, 2.45) is 0 Å². The lowest BCUT2D eigenvalue weighted by molar-refractivity contribution is -0.143. The second-order valence-electron chi connectivity index (χ2n) is 8.39. The van der Waals surface area contributed by atoms with E-state index in [0.29, 0.717) is 13.0 Å². The van der Waals surface area contributed by atoms with Crippen molar-refractivity contribution < 1.29 is 13.9 Å². The molecule has 2 aromatic heterocycles. The highest BCUT2D eigenvalue weighted by molar-refractivity contribution is 7.09. The van der Waals surface area contributed by atoms with Gasteiger partial charge in [0.25, 0.3) is 0 Å². The van der Waals surface area contributed by atoms with Crippen LogP contribution in [0.2, 0.25) is 0 Å². The molecule has 5 nitrogen and oxygen atoms in total. The number of thiazole rings is 1. The van der Waals surface area contributed by atoms with Gasteiger partial charge >= 0.3 is 5.97 Å². The number of hydrogen-bond acceptors (Lipinski definition) is 6. The molecule has 3 heterocycles. The number of carbonyl (C=O) groups is 1. The molecule has 8 heteroatoms. The van der Waals surface area contributed by atoms with Gasteiger partial charge in [0.1, 0.15) is 11.6 Å². The molecule has 1 aromatic carbocycles. The third-order valence-corrected chi connectivity index (χ3v) is 6.83. The summed E-state index contributed by atoms with van der Waals surface area (Å²) in [6.45, 7) is 3.13. The van der Waals surface area contributed by atoms with Crippen LogP contribution in [0.1, 0.15) is 59.6 Å². The number of ether oxygens (including phenoxy) is 1. The lowest BCUT2D eigenvalue weighted by Gasteiger charge is -2.17. The Balaban J connectivity index is 0.00000324. The third kappa shape index (κ3) is 7.24. The van der Waals surface area contributed by atoms with Crippen LogP contribution in [0.4, 0.5) is 10.2 Å². The zero-order chi connectivity index (χ0) is 23.0. The Morgan fingerprint density at radius 1 is 1.21 bits per heavy atom. The monoisotopic (exact) mass is 503 g/mol. The molecule has 182 valence electrons. The highest BCUT2D eigenvalue weighted by Gasteiger charge is 2.20. The number of fused-ring (bicyclic) bond motifs is 1. The number of nitrogens with zero attached hydrogens (tertiary/aromatic N) is 2. The van der Waals surface area contributed by atoms with Gasteiger partial charge in [0, 0.05) is 17.6 Å². The van der Waals surface area contributed by atoms with Crippen LogP contribution in [0.15, 0.2) is 41.8 Å². The maximum atomic E-state index is 13.8. The molecule has 0 radical (unpaired) electrons. The fraction of sp³-hybridized carbons (Fsp3) is 0.423. The van der Waals surface area contributed by atoms with E-state index in [4.69, 9.17) is 14.7 Å². The van der Waals surface area contributed by atoms with E-state index in [9.17, 15) is 9.18 Å². The van der Waals surface area contributed by atoms with Gasteiger partial charge < -0.3 is 10.1 Å². The first kappa shape index (κ1) is 26.1. The normalized spacial score (nSPS) is 13.4. The van der Waals surface area contributed by atoms with Crippen LogP contribution < -0.4 is 5.32 Å². The smallest absolute Gasteiger partial charge is 0.306 e. The number of nitrogens with one attached hydrogen (secondary N) is 1. The average molecular weight is 504 g/mol. The second kappa shape index (κ2) is 12.8. The Bertz CT molecular complexity index is 1090. The average Bonchev–Trinajstić information content (AvgIpc) is 3.26. The van der Waals surface area contributed by atoms with Crippen LogP contribution in [-0.2, 0) is 35.2 Å². The molecule has 0 amide bonds. The number of pyridine rings is 1. The van der Waals surface area contributed by atoms with E-state index in [-0.39, 0.29) is 36.5 Å². The number of halogens is 2. The minimum absolute atomic E-state index is 0. The molecule has 3 aromatic rings. The van der Waals surface area contributed by atoms with E-state index in [1.807, 2.05) is 11.4 Å². The fourth-order valence-corrected chi connectivity index (χ4v) is 5.08. The van der Waals surface area contributed by atoms with Crippen molar-refractivity contribution in [1.29, 1.82) is 0 Å². The summed E-state index contributed by atoms with van der Waals surface area (Å²) in [6.07, 6.45) is 5.84. The van der Waals surface area contributed by atoms with Gasteiger partial charge in [-0.1, -0.05) is 18.2 Å². The third-order valence-electron chi connectivity index (χ3n) is 5.87. The Labute approximate surface area is 210 Å². The van der Waals surface area contributed by atoms with Crippen LogP contribution in [0.3, 0.4) is 0 Å². The minimum Gasteiger partial charge on any atom is -0.466 e. The van der Waals surface area contributed by atoms with Crippen LogP contribution in [0, 0.1) is 5.82 Å². The van der Waals surface area contributed by atoms with Crippen molar-refractivity contribution in [1.82, 2.24) is 9.97 Å². The number of hydrogen-bond donors (Lipinski definition) is 1. The van der Waals surface area contributed by atoms with Gasteiger partial charge in [0.15, 0.2) is 0 Å². The fourth-order valence-electron chi connectivity index (χ4n) is 4.23. The highest BCUT2D eigenvalue weighted by Crippen LogP contribution is 2.27. The maximum absolute atomic E-state index is 13.8. The van der Waals surface area contributed by atoms with E-state index in [0.717, 1.165) is 60.0 Å². The molecule has 1 unspecified atom stereocenters. The molecule has 0 saturated carbocycles. The molecular formula is C26H31ClFN3O2S. The van der Waals surface area contributed by atoms with Crippen LogP contribution >= 0.6 is 23.7 Å². The molecule has 1 N–H and O–H groups in total. The highest BCUT2D eigenvalue weighted by atomic mass is 35.5. The predicted molar refractivity (Wildman–Crippen MR) is 137 cm³/mol. The van der Waals surface area contributed by atoms with Crippen molar-refractivity contribution in [2.75, 3.05) is 18.5 Å². The van der Waals surface area contributed by atoms with E-state index in [1.165, 1.54) is 24.1 Å². The Kier molecular flexibility index (Phi) is 9.84. The minimum atomic E-state index is -0.300. The first-order valence-corrected chi connectivity index (χ1v) is 12.6. The summed E-state index contributed by atoms with van der Waals surface area (Å²) >= 11 is 1.64. The van der Waals surface area contributed by atoms with Crippen molar-refractivity contribution in [3.63, 3.8) is 0 Å². The zero-order valence-corrected chi connectivity index (χ0v) is 21.0. The topological polar surface area (TPSA) is 64.1 Å². The number of benzene rings is 1. The van der Waals surface area contributed by atoms with Crippen molar-refractivity contribution in [3.8, 4) is 0 Å². The summed E-state index contributed by atoms with van der Waals surface area (Å²) in [5.41, 5.74) is 4.15. The van der Waals surface area contributed by atoms with E-state index >= 15 is 0 Å². The van der Waals surface area contributed by atoms with E-state index in [1.54, 1.807) is 24.3 Å². The standard InChI is InChI=1S/C26H30FN3O2S.ClH/c1-2-32-25(31)16-20(19-6-3-8-21(27)14-19)15-23-17-33-24(29-23)10-4-9-22-12-11-18-7-5-13-28-26(18)30-22;/h3,6,8,11-12,14,17,20H,2,4-5,7,9-10,13,15-16H2,1H3,(H,28,30);1H. The number of rotatable bonds is 10. The Morgan fingerprint density at radius 2 is 2.09 bits per heavy atom. The van der Waals surface area contributed by atoms with Gasteiger partial charge in [0.05, 0.1) is 23.7 Å². The number of aromatic nitrogens is 2. The molecule has 1 aliphatic rings. The summed E-state index contributed by atoms with van der Waals surface area (Å²) in [4.78, 5) is 21.7. The predicted octanol–water partition coefficient (Wildman–Crippen LogP) is 5.91. The van der Waals surface area contributed by atoms with Crippen LogP contribution in [0.5, 0.6) is 0 Å². The Morgan fingerprint density at radius 3 is 2.91 bits per heavy atom. The molecule has 1 aliphatic heterocycles. The second-order valence-corrected chi connectivity index (χ2v) is 9.33. The summed E-state index contributed by atoms with van der Waals surface area (Å²) in [7, 11) is 0. The van der Waals surface area contributed by atoms with Crippen molar-refractivity contribution in [3.05, 3.63) is 75.1 Å². The lowest BCUT2D eigenvalue weighted by Crippen LogP contribution is -2.14. The van der Waals surface area contributed by atoms with Gasteiger partial charge in [-0.15, -0.1) is 23.7 Å². The summed E-state index contributed by atoms with van der Waals surface area (Å²) < 4.78 is 18.9. The molecular weight excluding hydrogens is 473 g/mol. The number of carbonyl (C=O) groups excluding carboxylic acids is 1. The van der Waals surface area contributed by atoms with Crippen molar-refractivity contribution >= 4 is 35.5 Å². The van der Waals surface area contributed by atoms with Crippen molar-refractivity contribution in [2.45, 2.75) is 57.8 Å². The van der Waals surface area contributed by atoms with Gasteiger partial charge in [0.2, 0.25) is 0 Å². The first-order chi connectivity index (χ1) is 16.1. The SMILES string of the molecule is CCOC(=O)CC(Cc1csc(CCCc2ccc3c(n2)NCCC3)n1)c1cccc(F)c1.Cl. The van der Waals surface area contributed by atoms with Gasteiger partial charge in [-0.3, -0.25) is 4.79 Å². The Hall–Kier alpha value is -2.51. The molecule has 1 atom stereocenters. The van der Waals surface area contributed by atoms with E-state index < -0.39 is 0 Å². The zero-order valence-electron chi connectivity index (χ0n) is 19.4. The summed E-state index contributed by atoms with van der Waals surface area (Å²) in [6, 6.07) is 10.8. The number of anilines is 1. The largest absolute Gasteiger partial charge is 0.466 e. The van der Waals surface area contributed by atoms with Gasteiger partial charge in [-0.25, -0.2) is 14.4 Å². The quantitative estimate of drug-likeness (QED) is 0.348. The lowest BCUT2D eigenvalue weighted by atomic mass is 9.91. The van der Waals surface area contributed by atoms with Gasteiger partial charge in [-0.05, 0) is 80.7 Å². The number of aryl methyl sites for hydroxylation is 3. The van der Waals surface area contributed by atoms with E-state index in [2.05, 4.69) is 17.4 Å². The maximum Gasteiger partial charge on any atom is 0.306 e. The number of esters is 1. The molecule has 0 aliphatic carbocycles. The summed E-state index contributed by atoms with van der Waals surface area (Å²) in [5, 5.41) is 6.52. The molecule has 0 bridgehead atoms. The van der Waals surface area contributed by atoms with Crippen LogP contribution in [-0.4, -0.2) is 29.1 Å². The molecule has 4 rings (SSSR count). The molecule has 0 fully saturated rings. The van der Waals surface area contributed by atoms with Gasteiger partial charge in [-0.2, -0.15) is 0 Å². The molecule has 0 saturated heterocycles. The summed E-state index contributed by atoms with van der Waals surface area (Å²) in [5.74, 6) is 0.308. The molecule has 0 spiro atoms.